The number of carbonyl (C=O) groups excluding carboxylic acids is 2. The number of carbonyl (C=O) groups is 2. The van der Waals surface area contributed by atoms with Gasteiger partial charge in [0.2, 0.25) is 0 Å². The molecule has 296 valence electrons. The molecule has 2 aliphatic heterocycles. The Morgan fingerprint density at radius 3 is 1.69 bits per heavy atom. The molecule has 0 bridgehead atoms. The molecule has 59 heavy (non-hydrogen) atoms. The second-order valence-electron chi connectivity index (χ2n) is 14.9. The van der Waals surface area contributed by atoms with Crippen molar-refractivity contribution >= 4 is 50.2 Å². The molecule has 0 spiro atoms. The van der Waals surface area contributed by atoms with Crippen molar-refractivity contribution in [3.8, 4) is 11.1 Å². The van der Waals surface area contributed by atoms with Crippen LogP contribution < -0.4 is 0 Å². The average molecular weight is 848 g/mol. The lowest BCUT2D eigenvalue weighted by atomic mass is 9.99. The van der Waals surface area contributed by atoms with E-state index in [0.717, 1.165) is 75.1 Å². The molecule has 0 N–H and O–H groups in total. The Hall–Kier alpha value is -6.46. The lowest BCUT2D eigenvalue weighted by Crippen LogP contribution is -2.31. The zero-order chi connectivity index (χ0) is 40.1. The Morgan fingerprint density at radius 1 is 0.576 bits per heavy atom. The second-order valence-corrected chi connectivity index (χ2v) is 15.7. The summed E-state index contributed by atoms with van der Waals surface area (Å²) in [6.45, 7) is 1.95. The van der Waals surface area contributed by atoms with Crippen molar-refractivity contribution < 1.29 is 19.1 Å². The third-order valence-corrected chi connectivity index (χ3v) is 11.7. The van der Waals surface area contributed by atoms with E-state index in [9.17, 15) is 9.59 Å². The zero-order valence-electron chi connectivity index (χ0n) is 32.4. The lowest BCUT2D eigenvalue weighted by molar-refractivity contribution is 0.0909. The maximum Gasteiger partial charge on any atom is 0.410 e. The minimum atomic E-state index is -0.280. The third-order valence-electron chi connectivity index (χ3n) is 11.1. The van der Waals surface area contributed by atoms with E-state index in [-0.39, 0.29) is 30.9 Å². The summed E-state index contributed by atoms with van der Waals surface area (Å²) in [5, 5.41) is 2.41. The number of hydrogen-bond acceptors (Lipinski definition) is 6. The monoisotopic (exact) mass is 846 g/mol. The van der Waals surface area contributed by atoms with Gasteiger partial charge in [-0.1, -0.05) is 103 Å². The number of halogens is 1. The predicted octanol–water partition coefficient (Wildman–Crippen LogP) is 11.2. The van der Waals surface area contributed by atoms with Gasteiger partial charge in [-0.15, -0.1) is 0 Å². The number of fused-ring (bicyclic) bond motifs is 3. The molecule has 0 saturated carbocycles. The van der Waals surface area contributed by atoms with Crippen molar-refractivity contribution in [3.05, 3.63) is 179 Å². The van der Waals surface area contributed by atoms with Gasteiger partial charge in [-0.25, -0.2) is 19.6 Å². The summed E-state index contributed by atoms with van der Waals surface area (Å²) >= 11 is 3.52. The SMILES string of the molecule is O=C(OCc1ccccc1)N1CCC[C@H]1c1cn2cccc(-c3cccc4ccccc34)c2n1.O=C(OCc1ccccc1)N1CCC[C@H]1c1cn2cccc(Br)c2n1. The molecule has 0 aliphatic carbocycles. The van der Waals surface area contributed by atoms with Gasteiger partial charge in [-0.2, -0.15) is 0 Å². The molecule has 4 aromatic carbocycles. The van der Waals surface area contributed by atoms with Crippen LogP contribution in [0.1, 0.15) is 60.3 Å². The summed E-state index contributed by atoms with van der Waals surface area (Å²) < 4.78 is 16.1. The average Bonchev–Trinajstić information content (AvgIpc) is 4.12. The molecule has 6 heterocycles. The molecule has 0 radical (unpaired) electrons. The van der Waals surface area contributed by atoms with Crippen molar-refractivity contribution in [3.63, 3.8) is 0 Å². The molecule has 2 fully saturated rings. The number of benzene rings is 4. The third kappa shape index (κ3) is 8.16. The molecule has 10 rings (SSSR count). The number of rotatable bonds is 7. The Morgan fingerprint density at radius 2 is 1.08 bits per heavy atom. The fourth-order valence-electron chi connectivity index (χ4n) is 8.21. The molecule has 2 saturated heterocycles. The Balaban J connectivity index is 0.000000160. The van der Waals surface area contributed by atoms with Gasteiger partial charge in [0.25, 0.3) is 0 Å². The standard InChI is InChI=1S/C29H25N3O2.C19H18BrN3O2/c33-29(34-20-21-9-2-1-3-10-21)32-18-8-16-27(32)26-19-31-17-7-15-25(28(31)30-26)24-14-6-12-22-11-4-5-13-23(22)24;20-15-8-4-10-22-12-16(21-18(15)22)17-9-5-11-23(17)19(24)25-13-14-6-2-1-3-7-14/h1-7,9-15,17,19,27H,8,16,18,20H2;1-4,6-8,10,12,17H,5,9,11,13H2/t27-;17-/m00/s1. The number of likely N-dealkylation sites (tertiary alicyclic amines) is 2. The van der Waals surface area contributed by atoms with Crippen LogP contribution in [0.25, 0.3) is 33.2 Å². The largest absolute Gasteiger partial charge is 0.445 e. The molecule has 2 atom stereocenters. The predicted molar refractivity (Wildman–Crippen MR) is 232 cm³/mol. The van der Waals surface area contributed by atoms with Crippen molar-refractivity contribution in [1.82, 2.24) is 28.6 Å². The van der Waals surface area contributed by atoms with E-state index in [1.807, 2.05) is 101 Å². The van der Waals surface area contributed by atoms with Gasteiger partial charge in [0.15, 0.2) is 5.65 Å². The first-order chi connectivity index (χ1) is 29.0. The van der Waals surface area contributed by atoms with Gasteiger partial charge in [0, 0.05) is 43.4 Å². The topological polar surface area (TPSA) is 93.7 Å². The zero-order valence-corrected chi connectivity index (χ0v) is 34.0. The van der Waals surface area contributed by atoms with E-state index in [0.29, 0.717) is 19.7 Å². The Kier molecular flexibility index (Phi) is 11.1. The fraction of sp³-hybridized carbons (Fsp3) is 0.208. The molecule has 0 unspecified atom stereocenters. The van der Waals surface area contributed by atoms with Gasteiger partial charge in [-0.3, -0.25) is 9.80 Å². The second kappa shape index (κ2) is 17.2. The van der Waals surface area contributed by atoms with Crippen LogP contribution in [-0.4, -0.2) is 53.8 Å². The highest BCUT2D eigenvalue weighted by molar-refractivity contribution is 9.10. The maximum absolute atomic E-state index is 12.9. The first kappa shape index (κ1) is 38.1. The fourth-order valence-corrected chi connectivity index (χ4v) is 8.66. The number of nitrogens with zero attached hydrogens (tertiary/aromatic N) is 6. The number of amides is 2. The van der Waals surface area contributed by atoms with Crippen molar-refractivity contribution in [1.29, 1.82) is 0 Å². The van der Waals surface area contributed by atoms with E-state index in [1.54, 1.807) is 4.90 Å². The molecule has 10 nitrogen and oxygen atoms in total. The molecule has 8 aromatic rings. The minimum absolute atomic E-state index is 0.0323. The van der Waals surface area contributed by atoms with E-state index in [2.05, 4.69) is 81.1 Å². The first-order valence-corrected chi connectivity index (χ1v) is 20.8. The van der Waals surface area contributed by atoms with Crippen molar-refractivity contribution in [2.75, 3.05) is 13.1 Å². The van der Waals surface area contributed by atoms with Gasteiger partial charge in [0.1, 0.15) is 18.9 Å². The van der Waals surface area contributed by atoms with Gasteiger partial charge in [-0.05, 0) is 93.3 Å². The van der Waals surface area contributed by atoms with Crippen molar-refractivity contribution in [2.24, 2.45) is 0 Å². The number of aromatic nitrogens is 4. The number of ether oxygens (including phenoxy) is 2. The van der Waals surface area contributed by atoms with Crippen LogP contribution in [0.3, 0.4) is 0 Å². The van der Waals surface area contributed by atoms with Crippen LogP contribution in [0.15, 0.2) is 157 Å². The molecule has 11 heteroatoms. The van der Waals surface area contributed by atoms with Gasteiger partial charge in [0.05, 0.1) is 27.9 Å². The highest BCUT2D eigenvalue weighted by Gasteiger charge is 2.34. The number of hydrogen-bond donors (Lipinski definition) is 0. The van der Waals surface area contributed by atoms with E-state index >= 15 is 0 Å². The number of pyridine rings is 2. The van der Waals surface area contributed by atoms with Crippen LogP contribution in [0.4, 0.5) is 9.59 Å². The van der Waals surface area contributed by atoms with E-state index in [1.165, 1.54) is 10.8 Å². The molecular weight excluding hydrogens is 804 g/mol. The Labute approximate surface area is 350 Å². The highest BCUT2D eigenvalue weighted by atomic mass is 79.9. The lowest BCUT2D eigenvalue weighted by Gasteiger charge is -2.22. The van der Waals surface area contributed by atoms with E-state index in [4.69, 9.17) is 19.4 Å². The van der Waals surface area contributed by atoms with Crippen LogP contribution in [-0.2, 0) is 22.7 Å². The van der Waals surface area contributed by atoms with Crippen LogP contribution >= 0.6 is 15.9 Å². The Bertz CT molecular complexity index is 2730. The summed E-state index contributed by atoms with van der Waals surface area (Å²) in [5.74, 6) is 0. The summed E-state index contributed by atoms with van der Waals surface area (Å²) in [6.07, 6.45) is 11.2. The molecular formula is C48H43BrN6O4. The van der Waals surface area contributed by atoms with Gasteiger partial charge >= 0.3 is 12.2 Å². The summed E-state index contributed by atoms with van der Waals surface area (Å²) in [7, 11) is 0. The summed E-state index contributed by atoms with van der Waals surface area (Å²) in [4.78, 5) is 38.8. The van der Waals surface area contributed by atoms with Crippen LogP contribution in [0, 0.1) is 0 Å². The van der Waals surface area contributed by atoms with E-state index < -0.39 is 0 Å². The summed E-state index contributed by atoms with van der Waals surface area (Å²) in [6, 6.07) is 42.3. The molecule has 2 aliphatic rings. The first-order valence-electron chi connectivity index (χ1n) is 20.0. The van der Waals surface area contributed by atoms with Crippen molar-refractivity contribution in [2.45, 2.75) is 51.0 Å². The molecule has 2 amide bonds. The maximum atomic E-state index is 12.9. The smallest absolute Gasteiger partial charge is 0.410 e. The quantitative estimate of drug-likeness (QED) is 0.159. The van der Waals surface area contributed by atoms with Gasteiger partial charge < -0.3 is 18.3 Å². The number of imidazole rings is 2. The summed E-state index contributed by atoms with van der Waals surface area (Å²) in [5.41, 5.74) is 7.79. The van der Waals surface area contributed by atoms with Crippen LogP contribution in [0.5, 0.6) is 0 Å². The molecule has 4 aromatic heterocycles. The normalized spacial score (nSPS) is 16.4. The highest BCUT2D eigenvalue weighted by Crippen LogP contribution is 2.36. The van der Waals surface area contributed by atoms with Crippen LogP contribution in [0.2, 0.25) is 0 Å². The minimum Gasteiger partial charge on any atom is -0.445 e.